The third-order valence-corrected chi connectivity index (χ3v) is 3.80. The van der Waals surface area contributed by atoms with Crippen molar-refractivity contribution >= 4 is 29.5 Å². The third kappa shape index (κ3) is 4.76. The van der Waals surface area contributed by atoms with Crippen molar-refractivity contribution < 1.29 is 4.79 Å². The number of rotatable bonds is 5. The van der Waals surface area contributed by atoms with Crippen molar-refractivity contribution in [2.24, 2.45) is 0 Å². The van der Waals surface area contributed by atoms with Gasteiger partial charge in [0.1, 0.15) is 0 Å². The normalized spacial score (nSPS) is 19.6. The lowest BCUT2D eigenvalue weighted by atomic mass is 10.1. The van der Waals surface area contributed by atoms with Crippen LogP contribution in [-0.4, -0.2) is 31.5 Å². The average molecular weight is 275 g/mol. The van der Waals surface area contributed by atoms with Crippen molar-refractivity contribution in [2.75, 3.05) is 19.6 Å². The van der Waals surface area contributed by atoms with E-state index in [4.69, 9.17) is 0 Å². The molecular weight excluding hydrogens is 256 g/mol. The van der Waals surface area contributed by atoms with E-state index in [1.807, 2.05) is 17.5 Å². The van der Waals surface area contributed by atoms with Crippen LogP contribution in [0.2, 0.25) is 0 Å². The first kappa shape index (κ1) is 14.6. The number of carbonyl (C=O) groups excluding carboxylic acids is 1. The zero-order valence-electron chi connectivity index (χ0n) is 9.78. The maximum absolute atomic E-state index is 11.7. The lowest BCUT2D eigenvalue weighted by Crippen LogP contribution is -2.42. The van der Waals surface area contributed by atoms with E-state index in [-0.39, 0.29) is 18.2 Å². The van der Waals surface area contributed by atoms with Gasteiger partial charge in [0, 0.05) is 12.6 Å². The molecule has 96 valence electrons. The molecule has 2 rings (SSSR count). The van der Waals surface area contributed by atoms with Crippen molar-refractivity contribution in [1.82, 2.24) is 10.6 Å². The van der Waals surface area contributed by atoms with Crippen LogP contribution in [0.5, 0.6) is 0 Å². The summed E-state index contributed by atoms with van der Waals surface area (Å²) >= 11 is 1.51. The molecule has 0 radical (unpaired) electrons. The number of hydrogen-bond donors (Lipinski definition) is 2. The van der Waals surface area contributed by atoms with Crippen molar-refractivity contribution in [3.8, 4) is 0 Å². The zero-order valence-corrected chi connectivity index (χ0v) is 11.4. The van der Waals surface area contributed by atoms with Crippen LogP contribution in [0.1, 0.15) is 28.9 Å². The van der Waals surface area contributed by atoms with Gasteiger partial charge in [0.25, 0.3) is 0 Å². The Bertz CT molecular complexity index is 323. The molecule has 1 atom stereocenters. The molecule has 17 heavy (non-hydrogen) atoms. The summed E-state index contributed by atoms with van der Waals surface area (Å²) in [6.45, 7) is 2.47. The summed E-state index contributed by atoms with van der Waals surface area (Å²) in [5.41, 5.74) is 0. The quantitative estimate of drug-likeness (QED) is 0.808. The second-order valence-electron chi connectivity index (χ2n) is 4.18. The van der Waals surface area contributed by atoms with E-state index in [0.717, 1.165) is 18.0 Å². The van der Waals surface area contributed by atoms with Gasteiger partial charge in [-0.2, -0.15) is 0 Å². The van der Waals surface area contributed by atoms with Gasteiger partial charge in [-0.1, -0.05) is 12.5 Å². The first-order valence-corrected chi connectivity index (χ1v) is 6.75. The van der Waals surface area contributed by atoms with E-state index in [0.29, 0.717) is 12.6 Å². The minimum Gasteiger partial charge on any atom is -0.313 e. The summed E-state index contributed by atoms with van der Waals surface area (Å²) in [5, 5.41) is 8.63. The predicted molar refractivity (Wildman–Crippen MR) is 74.4 cm³/mol. The fraction of sp³-hybridized carbons (Fsp3) is 0.583. The van der Waals surface area contributed by atoms with Gasteiger partial charge in [-0.25, -0.2) is 0 Å². The highest BCUT2D eigenvalue weighted by Gasteiger charge is 2.12. The van der Waals surface area contributed by atoms with E-state index in [2.05, 4.69) is 10.6 Å². The highest BCUT2D eigenvalue weighted by atomic mass is 35.5. The van der Waals surface area contributed by atoms with Gasteiger partial charge in [0.15, 0.2) is 5.78 Å². The molecule has 2 heterocycles. The largest absolute Gasteiger partial charge is 0.313 e. The Balaban J connectivity index is 0.00000144. The number of halogens is 1. The molecule has 1 saturated heterocycles. The minimum atomic E-state index is 0. The number of Topliss-reactive ketones (excluding diaryl/α,β-unsaturated/α-hetero) is 1. The average Bonchev–Trinajstić information content (AvgIpc) is 2.84. The van der Waals surface area contributed by atoms with Crippen molar-refractivity contribution in [3.63, 3.8) is 0 Å². The number of ketones is 1. The van der Waals surface area contributed by atoms with Crippen molar-refractivity contribution in [3.05, 3.63) is 22.4 Å². The van der Waals surface area contributed by atoms with Crippen LogP contribution >= 0.6 is 23.7 Å². The summed E-state index contributed by atoms with van der Waals surface area (Å²) in [6.07, 6.45) is 3.81. The van der Waals surface area contributed by atoms with Gasteiger partial charge in [-0.3, -0.25) is 4.79 Å². The zero-order chi connectivity index (χ0) is 11.2. The van der Waals surface area contributed by atoms with E-state index in [1.165, 1.54) is 30.6 Å². The van der Waals surface area contributed by atoms with E-state index in [9.17, 15) is 4.79 Å². The van der Waals surface area contributed by atoms with Crippen LogP contribution in [0.3, 0.4) is 0 Å². The fourth-order valence-corrected chi connectivity index (χ4v) is 2.65. The molecule has 1 aliphatic rings. The maximum atomic E-state index is 11.7. The molecule has 2 N–H and O–H groups in total. The molecule has 1 aliphatic heterocycles. The van der Waals surface area contributed by atoms with E-state index in [1.54, 1.807) is 0 Å². The number of piperidine rings is 1. The first-order valence-electron chi connectivity index (χ1n) is 5.87. The Morgan fingerprint density at radius 2 is 2.41 bits per heavy atom. The summed E-state index contributed by atoms with van der Waals surface area (Å²) in [6, 6.07) is 4.35. The second kappa shape index (κ2) is 7.82. The van der Waals surface area contributed by atoms with Gasteiger partial charge in [0.05, 0.1) is 11.4 Å². The van der Waals surface area contributed by atoms with Crippen molar-refractivity contribution in [2.45, 2.75) is 25.3 Å². The van der Waals surface area contributed by atoms with Gasteiger partial charge in [-0.15, -0.1) is 23.7 Å². The number of hydrogen-bond acceptors (Lipinski definition) is 4. The molecule has 0 spiro atoms. The highest BCUT2D eigenvalue weighted by Crippen LogP contribution is 2.09. The maximum Gasteiger partial charge on any atom is 0.186 e. The monoisotopic (exact) mass is 274 g/mol. The summed E-state index contributed by atoms with van der Waals surface area (Å²) in [4.78, 5) is 12.5. The lowest BCUT2D eigenvalue weighted by Gasteiger charge is -2.23. The summed E-state index contributed by atoms with van der Waals surface area (Å²) in [7, 11) is 0. The van der Waals surface area contributed by atoms with Crippen LogP contribution in [-0.2, 0) is 0 Å². The van der Waals surface area contributed by atoms with E-state index < -0.39 is 0 Å². The van der Waals surface area contributed by atoms with E-state index >= 15 is 0 Å². The van der Waals surface area contributed by atoms with Crippen LogP contribution in [0.15, 0.2) is 17.5 Å². The van der Waals surface area contributed by atoms with Crippen LogP contribution in [0.25, 0.3) is 0 Å². The molecule has 0 saturated carbocycles. The number of thiophene rings is 1. The molecule has 0 amide bonds. The minimum absolute atomic E-state index is 0. The molecular formula is C12H19ClN2OS. The van der Waals surface area contributed by atoms with Gasteiger partial charge in [-0.05, 0) is 30.8 Å². The Labute approximate surface area is 112 Å². The molecule has 1 aromatic heterocycles. The summed E-state index contributed by atoms with van der Waals surface area (Å²) in [5.74, 6) is 0.200. The predicted octanol–water partition coefficient (Wildman–Crippen LogP) is 2.08. The lowest BCUT2D eigenvalue weighted by molar-refractivity contribution is 0.0994. The SMILES string of the molecule is Cl.O=C(CNCC1CCCCN1)c1cccs1. The molecule has 0 aromatic carbocycles. The Hall–Kier alpha value is -0.420. The second-order valence-corrected chi connectivity index (χ2v) is 5.13. The van der Waals surface area contributed by atoms with Gasteiger partial charge >= 0.3 is 0 Å². The highest BCUT2D eigenvalue weighted by molar-refractivity contribution is 7.12. The Morgan fingerprint density at radius 1 is 1.53 bits per heavy atom. The van der Waals surface area contributed by atoms with Gasteiger partial charge < -0.3 is 10.6 Å². The number of nitrogens with one attached hydrogen (secondary N) is 2. The standard InChI is InChI=1S/C12H18N2OS.ClH/c15-11(12-5-3-7-16-12)9-13-8-10-4-1-2-6-14-10;/h3,5,7,10,13-14H,1-2,4,6,8-9H2;1H. The molecule has 5 heteroatoms. The fourth-order valence-electron chi connectivity index (χ4n) is 1.98. The van der Waals surface area contributed by atoms with Crippen LogP contribution in [0, 0.1) is 0 Å². The number of carbonyl (C=O) groups is 1. The third-order valence-electron chi connectivity index (χ3n) is 2.88. The summed E-state index contributed by atoms with van der Waals surface area (Å²) < 4.78 is 0. The Kier molecular flexibility index (Phi) is 6.73. The van der Waals surface area contributed by atoms with Gasteiger partial charge in [0.2, 0.25) is 0 Å². The molecule has 1 fully saturated rings. The van der Waals surface area contributed by atoms with Crippen LogP contribution in [0.4, 0.5) is 0 Å². The van der Waals surface area contributed by atoms with Crippen molar-refractivity contribution in [1.29, 1.82) is 0 Å². The topological polar surface area (TPSA) is 41.1 Å². The molecule has 1 unspecified atom stereocenters. The van der Waals surface area contributed by atoms with Crippen LogP contribution < -0.4 is 10.6 Å². The molecule has 3 nitrogen and oxygen atoms in total. The smallest absolute Gasteiger partial charge is 0.186 e. The molecule has 1 aromatic rings. The molecule has 0 bridgehead atoms. The first-order chi connectivity index (χ1) is 7.86. The molecule has 0 aliphatic carbocycles. The Morgan fingerprint density at radius 3 is 3.06 bits per heavy atom.